The molecule has 106 valence electrons. The Bertz CT molecular complexity index is 443. The zero-order valence-corrected chi connectivity index (χ0v) is 11.3. The summed E-state index contributed by atoms with van der Waals surface area (Å²) < 4.78 is 0. The van der Waals surface area contributed by atoms with Gasteiger partial charge in [0.2, 0.25) is 0 Å². The van der Waals surface area contributed by atoms with E-state index in [0.717, 1.165) is 6.42 Å². The van der Waals surface area contributed by atoms with Gasteiger partial charge in [0.1, 0.15) is 0 Å². The first kappa shape index (κ1) is 15.3. The number of aliphatic hydroxyl groups excluding tert-OH is 1. The van der Waals surface area contributed by atoms with Gasteiger partial charge < -0.3 is 20.6 Å². The first-order chi connectivity index (χ1) is 8.85. The maximum Gasteiger partial charge on any atom is 0.251 e. The second-order valence-electron chi connectivity index (χ2n) is 5.38. The molecule has 0 aliphatic carbocycles. The molecule has 0 unspecified atom stereocenters. The summed E-state index contributed by atoms with van der Waals surface area (Å²) >= 11 is 0. The molecule has 4 N–H and O–H groups in total. The summed E-state index contributed by atoms with van der Waals surface area (Å²) in [6, 6.07) is 3.96. The molecule has 1 amide bonds. The lowest BCUT2D eigenvalue weighted by Gasteiger charge is -2.24. The number of aromatic hydroxyl groups is 2. The number of carbonyl (C=O) groups is 1. The van der Waals surface area contributed by atoms with Gasteiger partial charge in [0.05, 0.1) is 0 Å². The molecule has 0 radical (unpaired) electrons. The third kappa shape index (κ3) is 4.79. The molecule has 0 spiro atoms. The maximum atomic E-state index is 11.9. The van der Waals surface area contributed by atoms with E-state index in [1.54, 1.807) is 0 Å². The van der Waals surface area contributed by atoms with Gasteiger partial charge in [-0.3, -0.25) is 4.79 Å². The van der Waals surface area contributed by atoms with Crippen LogP contribution < -0.4 is 5.32 Å². The van der Waals surface area contributed by atoms with Crippen molar-refractivity contribution in [2.75, 3.05) is 13.2 Å². The van der Waals surface area contributed by atoms with Gasteiger partial charge in [0.25, 0.3) is 5.91 Å². The number of phenols is 2. The Labute approximate surface area is 112 Å². The Morgan fingerprint density at radius 1 is 1.26 bits per heavy atom. The van der Waals surface area contributed by atoms with E-state index in [2.05, 4.69) is 5.32 Å². The van der Waals surface area contributed by atoms with Crippen molar-refractivity contribution < 1.29 is 20.1 Å². The molecule has 19 heavy (non-hydrogen) atoms. The molecule has 5 nitrogen and oxygen atoms in total. The average molecular weight is 267 g/mol. The van der Waals surface area contributed by atoms with Gasteiger partial charge >= 0.3 is 0 Å². The van der Waals surface area contributed by atoms with Gasteiger partial charge in [-0.15, -0.1) is 0 Å². The fraction of sp³-hybridized carbons (Fsp3) is 0.500. The number of aliphatic hydroxyl groups is 1. The molecule has 1 aromatic rings. The van der Waals surface area contributed by atoms with Crippen LogP contribution in [0.4, 0.5) is 0 Å². The van der Waals surface area contributed by atoms with E-state index >= 15 is 0 Å². The van der Waals surface area contributed by atoms with Crippen LogP contribution in [-0.4, -0.2) is 34.4 Å². The minimum Gasteiger partial charge on any atom is -0.504 e. The lowest BCUT2D eigenvalue weighted by atomic mass is 9.88. The molecule has 0 aliphatic rings. The fourth-order valence-electron chi connectivity index (χ4n) is 1.73. The van der Waals surface area contributed by atoms with Crippen molar-refractivity contribution in [1.29, 1.82) is 0 Å². The molecule has 0 heterocycles. The van der Waals surface area contributed by atoms with Crippen molar-refractivity contribution in [2.24, 2.45) is 5.41 Å². The Morgan fingerprint density at radius 2 is 1.95 bits per heavy atom. The molecule has 0 saturated heterocycles. The topological polar surface area (TPSA) is 89.8 Å². The minimum absolute atomic E-state index is 0.0998. The van der Waals surface area contributed by atoms with Crippen LogP contribution in [0.25, 0.3) is 0 Å². The van der Waals surface area contributed by atoms with E-state index in [1.807, 2.05) is 13.8 Å². The number of phenolic OH excluding ortho intramolecular Hbond substituents is 2. The molecule has 0 bridgehead atoms. The predicted octanol–water partition coefficient (Wildman–Crippen LogP) is 1.63. The first-order valence-corrected chi connectivity index (χ1v) is 6.27. The normalized spacial score (nSPS) is 11.3. The number of benzene rings is 1. The van der Waals surface area contributed by atoms with E-state index in [1.165, 1.54) is 18.2 Å². The Kier molecular flexibility index (Phi) is 5.18. The largest absolute Gasteiger partial charge is 0.504 e. The van der Waals surface area contributed by atoms with E-state index < -0.39 is 0 Å². The highest BCUT2D eigenvalue weighted by atomic mass is 16.3. The highest BCUT2D eigenvalue weighted by Gasteiger charge is 2.19. The third-order valence-electron chi connectivity index (χ3n) is 2.98. The lowest BCUT2D eigenvalue weighted by Crippen LogP contribution is -2.34. The highest BCUT2D eigenvalue weighted by Crippen LogP contribution is 2.25. The number of amides is 1. The van der Waals surface area contributed by atoms with Crippen LogP contribution in [-0.2, 0) is 0 Å². The van der Waals surface area contributed by atoms with Gasteiger partial charge in [-0.25, -0.2) is 0 Å². The monoisotopic (exact) mass is 267 g/mol. The second-order valence-corrected chi connectivity index (χ2v) is 5.38. The quantitative estimate of drug-likeness (QED) is 0.590. The van der Waals surface area contributed by atoms with Gasteiger partial charge in [-0.2, -0.15) is 0 Å². The van der Waals surface area contributed by atoms with Crippen molar-refractivity contribution in [3.8, 4) is 11.5 Å². The SMILES string of the molecule is CC(C)(CCCO)CNC(=O)c1ccc(O)c(O)c1. The molecule has 5 heteroatoms. The smallest absolute Gasteiger partial charge is 0.251 e. The summed E-state index contributed by atoms with van der Waals surface area (Å²) in [6.45, 7) is 4.64. The van der Waals surface area contributed by atoms with Crippen LogP contribution in [0, 0.1) is 5.41 Å². The number of hydrogen-bond donors (Lipinski definition) is 4. The Balaban J connectivity index is 2.57. The number of hydrogen-bond acceptors (Lipinski definition) is 4. The molecule has 0 aliphatic heterocycles. The molecule has 1 aromatic carbocycles. The van der Waals surface area contributed by atoms with Crippen LogP contribution in [0.15, 0.2) is 18.2 Å². The van der Waals surface area contributed by atoms with Crippen LogP contribution >= 0.6 is 0 Å². The average Bonchev–Trinajstić information content (AvgIpc) is 2.37. The standard InChI is InChI=1S/C14H21NO4/c1-14(2,6-3-7-16)9-15-13(19)10-4-5-11(17)12(18)8-10/h4-5,8,16-18H,3,6-7,9H2,1-2H3,(H,15,19). The predicted molar refractivity (Wildman–Crippen MR) is 72.2 cm³/mol. The molecule has 0 saturated carbocycles. The van der Waals surface area contributed by atoms with Crippen LogP contribution in [0.3, 0.4) is 0 Å². The third-order valence-corrected chi connectivity index (χ3v) is 2.98. The summed E-state index contributed by atoms with van der Waals surface area (Å²) in [5, 5.41) is 30.1. The van der Waals surface area contributed by atoms with Crippen LogP contribution in [0.2, 0.25) is 0 Å². The van der Waals surface area contributed by atoms with E-state index in [4.69, 9.17) is 5.11 Å². The number of rotatable bonds is 6. The Hall–Kier alpha value is -1.75. The second kappa shape index (κ2) is 6.43. The van der Waals surface area contributed by atoms with Crippen molar-refractivity contribution >= 4 is 5.91 Å². The molecule has 1 rings (SSSR count). The fourth-order valence-corrected chi connectivity index (χ4v) is 1.73. The van der Waals surface area contributed by atoms with Crippen molar-refractivity contribution in [1.82, 2.24) is 5.32 Å². The summed E-state index contributed by atoms with van der Waals surface area (Å²) in [5.41, 5.74) is 0.199. The minimum atomic E-state index is -0.313. The first-order valence-electron chi connectivity index (χ1n) is 6.27. The number of nitrogens with one attached hydrogen (secondary N) is 1. The van der Waals surface area contributed by atoms with Gasteiger partial charge in [0.15, 0.2) is 11.5 Å². The van der Waals surface area contributed by atoms with Crippen LogP contribution in [0.5, 0.6) is 11.5 Å². The van der Waals surface area contributed by atoms with E-state index in [0.29, 0.717) is 18.5 Å². The van der Waals surface area contributed by atoms with E-state index in [9.17, 15) is 15.0 Å². The van der Waals surface area contributed by atoms with Gasteiger partial charge in [0, 0.05) is 18.7 Å². The Morgan fingerprint density at radius 3 is 2.53 bits per heavy atom. The van der Waals surface area contributed by atoms with Crippen LogP contribution in [0.1, 0.15) is 37.0 Å². The lowest BCUT2D eigenvalue weighted by molar-refractivity contribution is 0.0932. The van der Waals surface area contributed by atoms with Crippen molar-refractivity contribution in [3.05, 3.63) is 23.8 Å². The maximum absolute atomic E-state index is 11.9. The van der Waals surface area contributed by atoms with Gasteiger partial charge in [-0.05, 0) is 36.5 Å². The summed E-state index contributed by atoms with van der Waals surface area (Å²) in [4.78, 5) is 11.9. The zero-order chi connectivity index (χ0) is 14.5. The molecule has 0 aromatic heterocycles. The summed E-state index contributed by atoms with van der Waals surface area (Å²) in [5.74, 6) is -0.862. The molecule has 0 atom stereocenters. The molecular formula is C14H21NO4. The molecular weight excluding hydrogens is 246 g/mol. The summed E-state index contributed by atoms with van der Waals surface area (Å²) in [6.07, 6.45) is 1.51. The molecule has 0 fully saturated rings. The highest BCUT2D eigenvalue weighted by molar-refractivity contribution is 5.94. The van der Waals surface area contributed by atoms with Crippen molar-refractivity contribution in [3.63, 3.8) is 0 Å². The van der Waals surface area contributed by atoms with E-state index in [-0.39, 0.29) is 29.4 Å². The van der Waals surface area contributed by atoms with Crippen molar-refractivity contribution in [2.45, 2.75) is 26.7 Å². The van der Waals surface area contributed by atoms with Gasteiger partial charge in [-0.1, -0.05) is 13.8 Å². The number of carbonyl (C=O) groups excluding carboxylic acids is 1. The summed E-state index contributed by atoms with van der Waals surface area (Å²) in [7, 11) is 0. The zero-order valence-electron chi connectivity index (χ0n) is 11.3.